The molecule has 2 aliphatic rings. The molecule has 0 saturated carbocycles. The van der Waals surface area contributed by atoms with Gasteiger partial charge >= 0.3 is 11.9 Å². The van der Waals surface area contributed by atoms with Crippen LogP contribution in [0.4, 0.5) is 5.69 Å². The number of carboxylic acid groups (broad SMARTS) is 1. The number of aliphatic carboxylic acids is 1. The van der Waals surface area contributed by atoms with Crippen molar-refractivity contribution in [1.82, 2.24) is 4.90 Å². The number of non-ortho nitro benzene ring substituents is 1. The van der Waals surface area contributed by atoms with Crippen molar-refractivity contribution >= 4 is 33.4 Å². The Morgan fingerprint density at radius 3 is 2.36 bits per heavy atom. The van der Waals surface area contributed by atoms with Gasteiger partial charge in [-0.2, -0.15) is 0 Å². The molecule has 2 aliphatic heterocycles. The second kappa shape index (κ2) is 6.26. The van der Waals surface area contributed by atoms with Crippen LogP contribution in [-0.4, -0.2) is 64.0 Å². The minimum absolute atomic E-state index is 0.00718. The first kappa shape index (κ1) is 19.7. The van der Waals surface area contributed by atoms with Crippen molar-refractivity contribution in [3.63, 3.8) is 0 Å². The number of carboxylic acids is 1. The molecule has 3 rings (SSSR count). The Labute approximate surface area is 158 Å². The lowest BCUT2D eigenvalue weighted by Gasteiger charge is -2.42. The summed E-state index contributed by atoms with van der Waals surface area (Å²) in [6, 6.07) is 3.04. The van der Waals surface area contributed by atoms with Crippen LogP contribution in [-0.2, 0) is 24.2 Å². The van der Waals surface area contributed by atoms with Crippen molar-refractivity contribution < 1.29 is 37.6 Å². The maximum Gasteiger partial charge on any atom is 0.338 e. The van der Waals surface area contributed by atoms with Crippen molar-refractivity contribution in [2.24, 2.45) is 5.92 Å². The topological polar surface area (TPSA) is 161 Å². The molecule has 1 aromatic carbocycles. The van der Waals surface area contributed by atoms with Crippen molar-refractivity contribution in [2.45, 2.75) is 30.0 Å². The Hall–Kier alpha value is -3.02. The highest BCUT2D eigenvalue weighted by Gasteiger charge is 2.72. The smallest absolute Gasteiger partial charge is 0.338 e. The zero-order valence-electron chi connectivity index (χ0n) is 14.8. The third-order valence-electron chi connectivity index (χ3n) is 5.12. The first-order valence-corrected chi connectivity index (χ1v) is 9.66. The van der Waals surface area contributed by atoms with Gasteiger partial charge in [-0.3, -0.25) is 14.9 Å². The summed E-state index contributed by atoms with van der Waals surface area (Å²) in [7, 11) is -4.01. The monoisotopic (exact) mass is 412 g/mol. The molecule has 0 bridgehead atoms. The number of carbonyl (C=O) groups is 3. The highest BCUT2D eigenvalue weighted by molar-refractivity contribution is 7.93. The van der Waals surface area contributed by atoms with Gasteiger partial charge in [0.05, 0.1) is 15.2 Å². The summed E-state index contributed by atoms with van der Waals surface area (Å²) in [5.41, 5.74) is -0.229. The van der Waals surface area contributed by atoms with Crippen molar-refractivity contribution in [1.29, 1.82) is 0 Å². The van der Waals surface area contributed by atoms with Gasteiger partial charge in [-0.1, -0.05) is 0 Å². The molecule has 0 aromatic heterocycles. The number of carbonyl (C=O) groups excluding carboxylic acids is 2. The van der Waals surface area contributed by atoms with Crippen LogP contribution in [0.3, 0.4) is 0 Å². The van der Waals surface area contributed by atoms with Gasteiger partial charge in [0.15, 0.2) is 15.2 Å². The molecule has 3 atom stereocenters. The van der Waals surface area contributed by atoms with Crippen LogP contribution in [0.1, 0.15) is 24.2 Å². The number of nitrogens with zero attached hydrogens (tertiary/aromatic N) is 2. The van der Waals surface area contributed by atoms with Crippen LogP contribution in [0.2, 0.25) is 0 Å². The van der Waals surface area contributed by atoms with E-state index in [9.17, 15) is 38.0 Å². The van der Waals surface area contributed by atoms with Crippen molar-refractivity contribution in [2.75, 3.05) is 6.61 Å². The van der Waals surface area contributed by atoms with E-state index in [1.165, 1.54) is 26.0 Å². The minimum Gasteiger partial charge on any atom is -0.480 e. The standard InChI is InChI=1S/C16H16N2O9S/c1-16(2)11(14(20)21)17-12(19)10(13(17)28(16,25)26)7-27-15(22)8-3-5-9(6-4-8)18(23)24/h3-6,10-11,13H,7H2,1-2H3,(H,20,21)/t10-,11+,13-/m1/s1. The number of nitro groups is 1. The second-order valence-electron chi connectivity index (χ2n) is 7.03. The van der Waals surface area contributed by atoms with Gasteiger partial charge in [0.2, 0.25) is 5.91 Å². The molecule has 0 spiro atoms. The molecule has 2 saturated heterocycles. The maximum absolute atomic E-state index is 12.7. The summed E-state index contributed by atoms with van der Waals surface area (Å²) in [4.78, 5) is 46.7. The van der Waals surface area contributed by atoms with Crippen LogP contribution in [0.25, 0.3) is 0 Å². The van der Waals surface area contributed by atoms with Crippen LogP contribution in [0.15, 0.2) is 24.3 Å². The Kier molecular flexibility index (Phi) is 4.41. The van der Waals surface area contributed by atoms with E-state index >= 15 is 0 Å². The number of nitro benzene ring substituents is 1. The molecule has 28 heavy (non-hydrogen) atoms. The van der Waals surface area contributed by atoms with E-state index in [-0.39, 0.29) is 11.3 Å². The molecule has 0 radical (unpaired) electrons. The number of rotatable bonds is 5. The predicted molar refractivity (Wildman–Crippen MR) is 91.9 cm³/mol. The van der Waals surface area contributed by atoms with Crippen LogP contribution >= 0.6 is 0 Å². The van der Waals surface area contributed by atoms with Gasteiger partial charge in [0, 0.05) is 12.1 Å². The highest BCUT2D eigenvalue weighted by Crippen LogP contribution is 2.48. The van der Waals surface area contributed by atoms with Crippen molar-refractivity contribution in [3.05, 3.63) is 39.9 Å². The largest absolute Gasteiger partial charge is 0.480 e. The lowest BCUT2D eigenvalue weighted by molar-refractivity contribution is -0.384. The molecule has 0 aliphatic carbocycles. The van der Waals surface area contributed by atoms with E-state index in [0.29, 0.717) is 0 Å². The lowest BCUT2D eigenvalue weighted by Crippen LogP contribution is -2.64. The number of benzene rings is 1. The number of fused-ring (bicyclic) bond motifs is 1. The molecule has 11 nitrogen and oxygen atoms in total. The second-order valence-corrected chi connectivity index (χ2v) is 9.66. The van der Waals surface area contributed by atoms with Crippen LogP contribution in [0, 0.1) is 16.0 Å². The number of amides is 1. The van der Waals surface area contributed by atoms with E-state index in [0.717, 1.165) is 17.0 Å². The Balaban J connectivity index is 1.74. The first-order chi connectivity index (χ1) is 12.9. The number of hydrogen-bond acceptors (Lipinski definition) is 8. The Morgan fingerprint density at radius 2 is 1.86 bits per heavy atom. The van der Waals surface area contributed by atoms with E-state index < -0.39 is 61.3 Å². The quantitative estimate of drug-likeness (QED) is 0.308. The molecular formula is C16H16N2O9S. The average Bonchev–Trinajstić information content (AvgIpc) is 2.76. The number of sulfone groups is 1. The first-order valence-electron chi connectivity index (χ1n) is 8.11. The van der Waals surface area contributed by atoms with E-state index in [1.54, 1.807) is 0 Å². The molecular weight excluding hydrogens is 396 g/mol. The summed E-state index contributed by atoms with van der Waals surface area (Å²) in [6.07, 6.45) is 0. The Bertz CT molecular complexity index is 984. The number of hydrogen-bond donors (Lipinski definition) is 1. The third-order valence-corrected chi connectivity index (χ3v) is 8.00. The van der Waals surface area contributed by atoms with Crippen LogP contribution in [0.5, 0.6) is 0 Å². The SMILES string of the molecule is CC1(C)[C@H](C(=O)O)N2C(=O)[C@@H](COC(=O)c3ccc([N+](=O)[O-])cc3)[C@H]2S1(=O)=O. The summed E-state index contributed by atoms with van der Waals surface area (Å²) in [5, 5.41) is 18.6. The molecule has 150 valence electrons. The zero-order chi connectivity index (χ0) is 21.0. The number of esters is 1. The van der Waals surface area contributed by atoms with Gasteiger partial charge in [-0.05, 0) is 26.0 Å². The van der Waals surface area contributed by atoms with Crippen LogP contribution < -0.4 is 0 Å². The molecule has 1 aromatic rings. The fraction of sp³-hybridized carbons (Fsp3) is 0.438. The lowest BCUT2D eigenvalue weighted by atomic mass is 9.92. The summed E-state index contributed by atoms with van der Waals surface area (Å²) >= 11 is 0. The van der Waals surface area contributed by atoms with E-state index in [2.05, 4.69) is 0 Å². The minimum atomic E-state index is -4.01. The highest BCUT2D eigenvalue weighted by atomic mass is 32.2. The molecule has 2 fully saturated rings. The summed E-state index contributed by atoms with van der Waals surface area (Å²) < 4.78 is 28.7. The maximum atomic E-state index is 12.7. The number of β-lactam (4-membered cyclic amide) rings is 1. The fourth-order valence-corrected chi connectivity index (χ4v) is 5.83. The van der Waals surface area contributed by atoms with Gasteiger partial charge in [-0.15, -0.1) is 0 Å². The van der Waals surface area contributed by atoms with Gasteiger partial charge in [-0.25, -0.2) is 18.0 Å². The number of ether oxygens (including phenoxy) is 1. The van der Waals surface area contributed by atoms with Gasteiger partial charge in [0.1, 0.15) is 18.6 Å². The zero-order valence-corrected chi connectivity index (χ0v) is 15.6. The molecule has 0 unspecified atom stereocenters. The molecule has 2 heterocycles. The Morgan fingerprint density at radius 1 is 1.29 bits per heavy atom. The summed E-state index contributed by atoms with van der Waals surface area (Å²) in [6.45, 7) is 1.94. The van der Waals surface area contributed by atoms with Gasteiger partial charge in [0.25, 0.3) is 5.69 Å². The molecule has 1 amide bonds. The molecule has 1 N–H and O–H groups in total. The van der Waals surface area contributed by atoms with E-state index in [4.69, 9.17) is 4.74 Å². The summed E-state index contributed by atoms with van der Waals surface area (Å²) in [5.74, 6) is -4.23. The third kappa shape index (κ3) is 2.63. The predicted octanol–water partition coefficient (Wildman–Crippen LogP) is 0.196. The average molecular weight is 412 g/mol. The van der Waals surface area contributed by atoms with Gasteiger partial charge < -0.3 is 14.7 Å². The fourth-order valence-electron chi connectivity index (χ4n) is 3.53. The van der Waals surface area contributed by atoms with E-state index in [1.807, 2.05) is 0 Å². The molecule has 12 heteroatoms. The normalized spacial score (nSPS) is 26.9. The van der Waals surface area contributed by atoms with Crippen molar-refractivity contribution in [3.8, 4) is 0 Å².